The second-order valence-corrected chi connectivity index (χ2v) is 9.57. The number of benzene rings is 1. The molecule has 0 radical (unpaired) electrons. The van der Waals surface area contributed by atoms with Gasteiger partial charge in [-0.15, -0.1) is 0 Å². The van der Waals surface area contributed by atoms with Crippen molar-refractivity contribution in [1.29, 1.82) is 0 Å². The summed E-state index contributed by atoms with van der Waals surface area (Å²) in [5.41, 5.74) is 1.85. The molecule has 1 aliphatic carbocycles. The van der Waals surface area contributed by atoms with Crippen molar-refractivity contribution in [1.82, 2.24) is 14.0 Å². The third-order valence-electron chi connectivity index (χ3n) is 7.51. The van der Waals surface area contributed by atoms with E-state index in [2.05, 4.69) is 4.90 Å². The van der Waals surface area contributed by atoms with Gasteiger partial charge >= 0.3 is 11.7 Å². The summed E-state index contributed by atoms with van der Waals surface area (Å²) in [7, 11) is 0. The number of para-hydroxylation sites is 2. The average molecular weight is 442 g/mol. The van der Waals surface area contributed by atoms with E-state index in [9.17, 15) is 9.59 Å². The smallest absolute Gasteiger partial charge is 0.329 e. The lowest BCUT2D eigenvalue weighted by molar-refractivity contribution is -0.152. The molecule has 2 fully saturated rings. The molecular weight excluding hydrogens is 402 g/mol. The van der Waals surface area contributed by atoms with Crippen molar-refractivity contribution in [3.63, 3.8) is 0 Å². The van der Waals surface area contributed by atoms with Crippen molar-refractivity contribution in [2.75, 3.05) is 26.2 Å². The number of aromatic nitrogens is 2. The predicted octanol–water partition coefficient (Wildman–Crippen LogP) is 4.61. The van der Waals surface area contributed by atoms with Crippen molar-refractivity contribution in [2.24, 2.45) is 11.8 Å². The highest BCUT2D eigenvalue weighted by molar-refractivity contribution is 5.78. The molecule has 0 N–H and O–H groups in total. The first-order valence-electron chi connectivity index (χ1n) is 12.7. The summed E-state index contributed by atoms with van der Waals surface area (Å²) in [4.78, 5) is 28.9. The Kier molecular flexibility index (Phi) is 7.71. The Hall–Kier alpha value is -2.08. The van der Waals surface area contributed by atoms with Gasteiger partial charge in [-0.3, -0.25) is 13.9 Å². The predicted molar refractivity (Wildman–Crippen MR) is 128 cm³/mol. The fraction of sp³-hybridized carbons (Fsp3) is 0.692. The molecule has 2 heterocycles. The van der Waals surface area contributed by atoms with E-state index in [1.165, 1.54) is 44.9 Å². The summed E-state index contributed by atoms with van der Waals surface area (Å²) in [5.74, 6) is 0.241. The topological polar surface area (TPSA) is 56.5 Å². The highest BCUT2D eigenvalue weighted by atomic mass is 16.5. The van der Waals surface area contributed by atoms with Gasteiger partial charge in [-0.25, -0.2) is 4.79 Å². The Morgan fingerprint density at radius 2 is 1.69 bits per heavy atom. The van der Waals surface area contributed by atoms with Crippen molar-refractivity contribution in [2.45, 2.75) is 77.8 Å². The van der Waals surface area contributed by atoms with Crippen molar-refractivity contribution in [3.8, 4) is 0 Å². The van der Waals surface area contributed by atoms with Crippen LogP contribution < -0.4 is 5.69 Å². The number of hydrogen-bond donors (Lipinski definition) is 0. The van der Waals surface area contributed by atoms with E-state index in [1.807, 2.05) is 47.2 Å². The molecule has 1 aliphatic heterocycles. The van der Waals surface area contributed by atoms with Crippen LogP contribution in [0.1, 0.15) is 71.3 Å². The summed E-state index contributed by atoms with van der Waals surface area (Å²) >= 11 is 0. The van der Waals surface area contributed by atoms with Gasteiger partial charge in [0.15, 0.2) is 0 Å². The minimum Gasteiger partial charge on any atom is -0.466 e. The number of hydrogen-bond acceptors (Lipinski definition) is 4. The van der Waals surface area contributed by atoms with Crippen LogP contribution in [0.25, 0.3) is 11.0 Å². The number of fused-ring (bicyclic) bond motifs is 1. The lowest BCUT2D eigenvalue weighted by Gasteiger charge is -2.39. The molecule has 2 atom stereocenters. The summed E-state index contributed by atoms with van der Waals surface area (Å²) in [6.45, 7) is 7.52. The highest BCUT2D eigenvalue weighted by Gasteiger charge is 2.38. The number of carbonyl (C=O) groups is 1. The SMILES string of the molecule is CCOC(=O)[C@@H]1CN(CC2CCCCCCC2)CC[C@H]1n1c(=O)n(CC)c2ccccc21. The first-order valence-corrected chi connectivity index (χ1v) is 12.7. The minimum atomic E-state index is -0.314. The molecule has 1 saturated carbocycles. The molecule has 6 nitrogen and oxygen atoms in total. The number of nitrogens with zero attached hydrogens (tertiary/aromatic N) is 3. The van der Waals surface area contributed by atoms with E-state index in [4.69, 9.17) is 4.74 Å². The molecule has 176 valence electrons. The number of carbonyl (C=O) groups excluding carboxylic acids is 1. The van der Waals surface area contributed by atoms with Gasteiger partial charge in [0, 0.05) is 26.2 Å². The molecule has 0 unspecified atom stereocenters. The molecule has 4 rings (SSSR count). The fourth-order valence-corrected chi connectivity index (χ4v) is 5.91. The number of ether oxygens (including phenoxy) is 1. The van der Waals surface area contributed by atoms with Gasteiger partial charge in [-0.2, -0.15) is 0 Å². The number of aryl methyl sites for hydroxylation is 1. The van der Waals surface area contributed by atoms with Crippen LogP contribution in [-0.4, -0.2) is 46.2 Å². The lowest BCUT2D eigenvalue weighted by Crippen LogP contribution is -2.48. The van der Waals surface area contributed by atoms with Crippen molar-refractivity contribution >= 4 is 17.0 Å². The normalized spacial score (nSPS) is 23.7. The van der Waals surface area contributed by atoms with Gasteiger partial charge in [0.05, 0.1) is 29.6 Å². The number of likely N-dealkylation sites (tertiary alicyclic amines) is 1. The molecule has 0 spiro atoms. The van der Waals surface area contributed by atoms with Crippen LogP contribution in [0.2, 0.25) is 0 Å². The fourth-order valence-electron chi connectivity index (χ4n) is 5.91. The van der Waals surface area contributed by atoms with Gasteiger partial charge < -0.3 is 9.64 Å². The molecule has 1 aromatic heterocycles. The largest absolute Gasteiger partial charge is 0.466 e. The summed E-state index contributed by atoms with van der Waals surface area (Å²) in [6, 6.07) is 7.79. The molecule has 6 heteroatoms. The van der Waals surface area contributed by atoms with Crippen LogP contribution in [0, 0.1) is 11.8 Å². The van der Waals surface area contributed by atoms with E-state index in [0.29, 0.717) is 19.7 Å². The number of esters is 1. The first-order chi connectivity index (χ1) is 15.6. The monoisotopic (exact) mass is 441 g/mol. The van der Waals surface area contributed by atoms with Crippen LogP contribution in [0.5, 0.6) is 0 Å². The van der Waals surface area contributed by atoms with Crippen molar-refractivity contribution < 1.29 is 9.53 Å². The summed E-state index contributed by atoms with van der Waals surface area (Å²) in [6.07, 6.45) is 10.1. The number of piperidine rings is 1. The van der Waals surface area contributed by atoms with Gasteiger partial charge in [0.1, 0.15) is 0 Å². The standard InChI is InChI=1S/C26H39N3O3/c1-3-28-23-14-10-11-15-24(23)29(26(28)31)22-16-17-27(19-21(22)25(30)32-4-2)18-20-12-8-6-5-7-9-13-20/h10-11,14-15,20-22H,3-9,12-13,16-19H2,1-2H3/t21-,22-/m1/s1. The quantitative estimate of drug-likeness (QED) is 0.615. The lowest BCUT2D eigenvalue weighted by atomic mass is 9.88. The maximum atomic E-state index is 13.4. The van der Waals surface area contributed by atoms with Gasteiger partial charge in [0.2, 0.25) is 0 Å². The maximum Gasteiger partial charge on any atom is 0.329 e. The maximum absolute atomic E-state index is 13.4. The van der Waals surface area contributed by atoms with Gasteiger partial charge in [-0.1, -0.05) is 44.2 Å². The zero-order chi connectivity index (χ0) is 22.5. The van der Waals surface area contributed by atoms with Crippen molar-refractivity contribution in [3.05, 3.63) is 34.7 Å². The zero-order valence-electron chi connectivity index (χ0n) is 19.8. The van der Waals surface area contributed by atoms with Crippen LogP contribution in [-0.2, 0) is 16.1 Å². The van der Waals surface area contributed by atoms with E-state index in [0.717, 1.165) is 36.5 Å². The molecule has 0 bridgehead atoms. The first kappa shape index (κ1) is 23.1. The van der Waals surface area contributed by atoms with Gasteiger partial charge in [-0.05, 0) is 51.2 Å². The Bertz CT molecular complexity index is 955. The summed E-state index contributed by atoms with van der Waals surface area (Å²) < 4.78 is 9.21. The van der Waals surface area contributed by atoms with E-state index < -0.39 is 0 Å². The molecular formula is C26H39N3O3. The minimum absolute atomic E-state index is 0.0125. The van der Waals surface area contributed by atoms with Gasteiger partial charge in [0.25, 0.3) is 0 Å². The Morgan fingerprint density at radius 3 is 2.38 bits per heavy atom. The summed E-state index contributed by atoms with van der Waals surface area (Å²) in [5, 5.41) is 0. The molecule has 1 saturated heterocycles. The molecule has 0 amide bonds. The number of imidazole rings is 1. The second kappa shape index (κ2) is 10.7. The zero-order valence-corrected chi connectivity index (χ0v) is 19.8. The molecule has 2 aliphatic rings. The molecule has 2 aromatic rings. The number of rotatable bonds is 6. The third-order valence-corrected chi connectivity index (χ3v) is 7.51. The Labute approximate surface area is 191 Å². The van der Waals surface area contributed by atoms with Crippen LogP contribution in [0.4, 0.5) is 0 Å². The van der Waals surface area contributed by atoms with Crippen LogP contribution in [0.15, 0.2) is 29.1 Å². The van der Waals surface area contributed by atoms with E-state index in [-0.39, 0.29) is 23.6 Å². The Balaban J connectivity index is 1.60. The Morgan fingerprint density at radius 1 is 1.00 bits per heavy atom. The van der Waals surface area contributed by atoms with E-state index >= 15 is 0 Å². The third kappa shape index (κ3) is 4.80. The average Bonchev–Trinajstić information content (AvgIpc) is 3.06. The van der Waals surface area contributed by atoms with Crippen LogP contribution >= 0.6 is 0 Å². The molecule has 1 aromatic carbocycles. The van der Waals surface area contributed by atoms with E-state index in [1.54, 1.807) is 0 Å². The van der Waals surface area contributed by atoms with Crippen LogP contribution in [0.3, 0.4) is 0 Å². The molecule has 32 heavy (non-hydrogen) atoms. The highest BCUT2D eigenvalue weighted by Crippen LogP contribution is 2.33. The second-order valence-electron chi connectivity index (χ2n) is 9.57.